The second-order valence-corrected chi connectivity index (χ2v) is 7.20. The molecule has 124 valence electrons. The van der Waals surface area contributed by atoms with E-state index in [0.717, 1.165) is 15.3 Å². The van der Waals surface area contributed by atoms with E-state index in [1.807, 2.05) is 17.5 Å². The highest BCUT2D eigenvalue weighted by molar-refractivity contribution is 7.22. The van der Waals surface area contributed by atoms with Gasteiger partial charge in [0.2, 0.25) is 0 Å². The van der Waals surface area contributed by atoms with Crippen LogP contribution in [0.25, 0.3) is 20.9 Å². The van der Waals surface area contributed by atoms with E-state index in [1.165, 1.54) is 23.5 Å². The maximum atomic E-state index is 12.5. The summed E-state index contributed by atoms with van der Waals surface area (Å²) in [6.07, 6.45) is 0. The lowest BCUT2D eigenvalue weighted by atomic mass is 10.2. The average Bonchev–Trinajstić information content (AvgIpc) is 3.23. The van der Waals surface area contributed by atoms with Crippen molar-refractivity contribution in [2.24, 2.45) is 0 Å². The molecule has 0 unspecified atom stereocenters. The number of thiazole rings is 1. The van der Waals surface area contributed by atoms with Crippen LogP contribution in [0.4, 0.5) is 0 Å². The molecule has 3 aromatic heterocycles. The minimum absolute atomic E-state index is 0.317. The summed E-state index contributed by atoms with van der Waals surface area (Å²) in [6.45, 7) is 1.78. The van der Waals surface area contributed by atoms with Crippen molar-refractivity contribution in [3.05, 3.63) is 68.8 Å². The molecule has 7 heteroatoms. The fourth-order valence-corrected chi connectivity index (χ4v) is 4.09. The highest BCUT2D eigenvalue weighted by atomic mass is 32.1. The fourth-order valence-electron chi connectivity index (χ4n) is 2.35. The molecule has 0 atom stereocenters. The van der Waals surface area contributed by atoms with Crippen LogP contribution in [-0.2, 0) is 0 Å². The topological polar surface area (TPSA) is 69.4 Å². The van der Waals surface area contributed by atoms with E-state index < -0.39 is 11.6 Å². The lowest BCUT2D eigenvalue weighted by Crippen LogP contribution is -2.08. The summed E-state index contributed by atoms with van der Waals surface area (Å²) >= 11 is 2.87. The smallest absolute Gasteiger partial charge is 0.355 e. The van der Waals surface area contributed by atoms with Crippen LogP contribution < -0.4 is 10.4 Å². The molecule has 0 N–H and O–H groups in total. The predicted octanol–water partition coefficient (Wildman–Crippen LogP) is 4.51. The van der Waals surface area contributed by atoms with E-state index in [9.17, 15) is 9.59 Å². The van der Waals surface area contributed by atoms with Crippen LogP contribution in [0.15, 0.2) is 57.1 Å². The van der Waals surface area contributed by atoms with Gasteiger partial charge in [-0.1, -0.05) is 6.07 Å². The van der Waals surface area contributed by atoms with E-state index in [2.05, 4.69) is 4.98 Å². The molecule has 0 radical (unpaired) electrons. The molecule has 3 heterocycles. The maximum absolute atomic E-state index is 12.5. The molecule has 0 amide bonds. The number of carbonyl (C=O) groups is 1. The first kappa shape index (κ1) is 15.7. The Kier molecular flexibility index (Phi) is 3.95. The number of rotatable bonds is 3. The third-order valence-electron chi connectivity index (χ3n) is 3.52. The largest absolute Gasteiger partial charge is 0.423 e. The van der Waals surface area contributed by atoms with Crippen molar-refractivity contribution >= 4 is 39.6 Å². The van der Waals surface area contributed by atoms with Gasteiger partial charge in [-0.2, -0.15) is 0 Å². The number of hydrogen-bond donors (Lipinski definition) is 0. The number of benzene rings is 1. The molecule has 0 aliphatic rings. The SMILES string of the molecule is Cc1nc(-c2cccs2)sc1C(=O)Oc1ccc2ccc(=O)oc2c1. The van der Waals surface area contributed by atoms with Gasteiger partial charge in [0.05, 0.1) is 10.6 Å². The first-order chi connectivity index (χ1) is 12.1. The van der Waals surface area contributed by atoms with E-state index >= 15 is 0 Å². The van der Waals surface area contributed by atoms with Gasteiger partial charge in [0.25, 0.3) is 0 Å². The van der Waals surface area contributed by atoms with Crippen molar-refractivity contribution in [2.75, 3.05) is 0 Å². The van der Waals surface area contributed by atoms with Gasteiger partial charge < -0.3 is 9.15 Å². The Morgan fingerprint density at radius 1 is 1.20 bits per heavy atom. The summed E-state index contributed by atoms with van der Waals surface area (Å²) in [5.41, 5.74) is 0.554. The number of nitrogens with zero attached hydrogens (tertiary/aromatic N) is 1. The van der Waals surface area contributed by atoms with Crippen LogP contribution in [0, 0.1) is 6.92 Å². The van der Waals surface area contributed by atoms with Crippen LogP contribution >= 0.6 is 22.7 Å². The number of ether oxygens (including phenoxy) is 1. The lowest BCUT2D eigenvalue weighted by Gasteiger charge is -2.04. The van der Waals surface area contributed by atoms with Crippen LogP contribution in [0.5, 0.6) is 5.75 Å². The van der Waals surface area contributed by atoms with Gasteiger partial charge in [0, 0.05) is 17.5 Å². The molecule has 0 bridgehead atoms. The molecule has 0 saturated heterocycles. The van der Waals surface area contributed by atoms with Crippen molar-refractivity contribution in [2.45, 2.75) is 6.92 Å². The first-order valence-electron chi connectivity index (χ1n) is 7.37. The van der Waals surface area contributed by atoms with Crippen LogP contribution in [-0.4, -0.2) is 11.0 Å². The van der Waals surface area contributed by atoms with Crippen LogP contribution in [0.3, 0.4) is 0 Å². The minimum Gasteiger partial charge on any atom is -0.423 e. The Labute approximate surface area is 150 Å². The Morgan fingerprint density at radius 3 is 2.84 bits per heavy atom. The highest BCUT2D eigenvalue weighted by Gasteiger charge is 2.19. The molecule has 0 spiro atoms. The number of hydrogen-bond acceptors (Lipinski definition) is 7. The quantitative estimate of drug-likeness (QED) is 0.302. The molecule has 0 saturated carbocycles. The zero-order chi connectivity index (χ0) is 17.4. The normalized spacial score (nSPS) is 10.9. The number of carbonyl (C=O) groups excluding carboxylic acids is 1. The Balaban J connectivity index is 1.63. The second-order valence-electron chi connectivity index (χ2n) is 5.25. The van der Waals surface area contributed by atoms with Gasteiger partial charge in [-0.3, -0.25) is 0 Å². The number of esters is 1. The third-order valence-corrected chi connectivity index (χ3v) is 5.70. The standard InChI is InChI=1S/C18H11NO4S2/c1-10-16(25-17(19-10)14-3-2-8-24-14)18(21)22-12-6-4-11-5-7-15(20)23-13(11)9-12/h2-9H,1H3. The van der Waals surface area contributed by atoms with Gasteiger partial charge in [-0.15, -0.1) is 22.7 Å². The summed E-state index contributed by atoms with van der Waals surface area (Å²) in [5, 5.41) is 3.52. The number of aromatic nitrogens is 1. The summed E-state index contributed by atoms with van der Waals surface area (Å²) in [5.74, 6) is -0.159. The van der Waals surface area contributed by atoms with E-state index in [0.29, 0.717) is 21.9 Å². The summed E-state index contributed by atoms with van der Waals surface area (Å²) in [6, 6.07) is 11.8. The van der Waals surface area contributed by atoms with Crippen molar-refractivity contribution in [1.29, 1.82) is 0 Å². The number of fused-ring (bicyclic) bond motifs is 1. The molecule has 4 aromatic rings. The number of aryl methyl sites for hydroxylation is 1. The summed E-state index contributed by atoms with van der Waals surface area (Å²) in [7, 11) is 0. The molecule has 0 aliphatic heterocycles. The van der Waals surface area contributed by atoms with Gasteiger partial charge in [-0.05, 0) is 36.6 Å². The molecule has 4 rings (SSSR count). The van der Waals surface area contributed by atoms with Gasteiger partial charge in [-0.25, -0.2) is 14.6 Å². The Bertz CT molecular complexity index is 1130. The zero-order valence-electron chi connectivity index (χ0n) is 13.0. The highest BCUT2D eigenvalue weighted by Crippen LogP contribution is 2.32. The molecule has 1 aromatic carbocycles. The molecule has 25 heavy (non-hydrogen) atoms. The summed E-state index contributed by atoms with van der Waals surface area (Å²) in [4.78, 5) is 29.7. The number of thiophene rings is 1. The van der Waals surface area contributed by atoms with Gasteiger partial charge in [0.15, 0.2) is 0 Å². The second kappa shape index (κ2) is 6.27. The lowest BCUT2D eigenvalue weighted by molar-refractivity contribution is 0.0739. The van der Waals surface area contributed by atoms with Crippen LogP contribution in [0.1, 0.15) is 15.4 Å². The zero-order valence-corrected chi connectivity index (χ0v) is 14.6. The monoisotopic (exact) mass is 369 g/mol. The Morgan fingerprint density at radius 2 is 2.04 bits per heavy atom. The molecule has 5 nitrogen and oxygen atoms in total. The first-order valence-corrected chi connectivity index (χ1v) is 9.07. The van der Waals surface area contributed by atoms with Crippen molar-refractivity contribution in [3.63, 3.8) is 0 Å². The van der Waals surface area contributed by atoms with Crippen LogP contribution in [0.2, 0.25) is 0 Å². The molecular weight excluding hydrogens is 358 g/mol. The van der Waals surface area contributed by atoms with Crippen molar-refractivity contribution in [1.82, 2.24) is 4.98 Å². The average molecular weight is 369 g/mol. The maximum Gasteiger partial charge on any atom is 0.355 e. The van der Waals surface area contributed by atoms with E-state index in [4.69, 9.17) is 9.15 Å². The van der Waals surface area contributed by atoms with Crippen molar-refractivity contribution < 1.29 is 13.9 Å². The van der Waals surface area contributed by atoms with Gasteiger partial charge >= 0.3 is 11.6 Å². The minimum atomic E-state index is -0.476. The molecular formula is C18H11NO4S2. The molecule has 0 fully saturated rings. The fraction of sp³-hybridized carbons (Fsp3) is 0.0556. The van der Waals surface area contributed by atoms with E-state index in [1.54, 1.807) is 36.5 Å². The van der Waals surface area contributed by atoms with Gasteiger partial charge in [0.1, 0.15) is 21.2 Å². The van der Waals surface area contributed by atoms with E-state index in [-0.39, 0.29) is 0 Å². The Hall–Kier alpha value is -2.77. The van der Waals surface area contributed by atoms with Crippen molar-refractivity contribution in [3.8, 4) is 15.6 Å². The molecule has 0 aliphatic carbocycles. The third kappa shape index (κ3) is 3.11. The predicted molar refractivity (Wildman–Crippen MR) is 97.6 cm³/mol. The summed E-state index contributed by atoms with van der Waals surface area (Å²) < 4.78 is 10.5.